The molecule has 0 unspecified atom stereocenters. The quantitative estimate of drug-likeness (QED) is 0.623. The first-order valence-corrected chi connectivity index (χ1v) is 9.01. The Bertz CT molecular complexity index is 842. The summed E-state index contributed by atoms with van der Waals surface area (Å²) in [6.07, 6.45) is 2.07. The molecule has 0 aliphatic rings. The third-order valence-corrected chi connectivity index (χ3v) is 4.50. The van der Waals surface area contributed by atoms with E-state index in [0.29, 0.717) is 6.61 Å². The molecular weight excluding hydrogens is 324 g/mol. The zero-order chi connectivity index (χ0) is 18.5. The standard InChI is InChI=1S/C21H28N4O/c1-17-19(15-24(4)14-13-23(2)3)25-12-8-11-20(21(25)22-17)26-16-18-9-6-5-7-10-18/h5-12H,13-16H2,1-4H3. The number of nitrogens with zero attached hydrogens (tertiary/aromatic N) is 4. The van der Waals surface area contributed by atoms with Gasteiger partial charge in [0.1, 0.15) is 6.61 Å². The first-order valence-electron chi connectivity index (χ1n) is 9.01. The fourth-order valence-corrected chi connectivity index (χ4v) is 2.95. The van der Waals surface area contributed by atoms with Crippen molar-refractivity contribution in [1.82, 2.24) is 19.2 Å². The zero-order valence-corrected chi connectivity index (χ0v) is 16.1. The number of likely N-dealkylation sites (N-methyl/N-ethyl adjacent to an activating group) is 2. The Balaban J connectivity index is 1.78. The van der Waals surface area contributed by atoms with Crippen LogP contribution in [-0.2, 0) is 13.2 Å². The molecule has 0 bridgehead atoms. The topological polar surface area (TPSA) is 33.0 Å². The minimum absolute atomic E-state index is 0.546. The first kappa shape index (κ1) is 18.4. The number of aryl methyl sites for hydroxylation is 1. The monoisotopic (exact) mass is 352 g/mol. The maximum absolute atomic E-state index is 6.05. The Morgan fingerprint density at radius 1 is 1.00 bits per heavy atom. The van der Waals surface area contributed by atoms with Gasteiger partial charge in [0.25, 0.3) is 0 Å². The maximum atomic E-state index is 6.05. The highest BCUT2D eigenvalue weighted by Gasteiger charge is 2.14. The van der Waals surface area contributed by atoms with Gasteiger partial charge in [0.05, 0.1) is 11.4 Å². The fraction of sp³-hybridized carbons (Fsp3) is 0.381. The summed E-state index contributed by atoms with van der Waals surface area (Å²) >= 11 is 0. The molecular formula is C21H28N4O. The van der Waals surface area contributed by atoms with Crippen molar-refractivity contribution in [3.05, 3.63) is 65.6 Å². The molecule has 0 saturated carbocycles. The zero-order valence-electron chi connectivity index (χ0n) is 16.1. The Labute approximate surface area is 155 Å². The number of fused-ring (bicyclic) bond motifs is 1. The van der Waals surface area contributed by atoms with Crippen molar-refractivity contribution in [1.29, 1.82) is 0 Å². The molecule has 0 aliphatic carbocycles. The van der Waals surface area contributed by atoms with Crippen LogP contribution in [0.25, 0.3) is 5.65 Å². The van der Waals surface area contributed by atoms with Gasteiger partial charge in [0.15, 0.2) is 11.4 Å². The van der Waals surface area contributed by atoms with Crippen LogP contribution in [0.2, 0.25) is 0 Å². The van der Waals surface area contributed by atoms with Gasteiger partial charge in [0.2, 0.25) is 0 Å². The van der Waals surface area contributed by atoms with Crippen LogP contribution in [0.4, 0.5) is 0 Å². The van der Waals surface area contributed by atoms with E-state index >= 15 is 0 Å². The number of hydrogen-bond acceptors (Lipinski definition) is 4. The van der Waals surface area contributed by atoms with Gasteiger partial charge >= 0.3 is 0 Å². The summed E-state index contributed by atoms with van der Waals surface area (Å²) in [5, 5.41) is 0. The molecule has 0 fully saturated rings. The van der Waals surface area contributed by atoms with Gasteiger partial charge < -0.3 is 9.64 Å². The molecule has 0 radical (unpaired) electrons. The summed E-state index contributed by atoms with van der Waals surface area (Å²) in [7, 11) is 6.35. The number of imidazole rings is 1. The van der Waals surface area contributed by atoms with Crippen molar-refractivity contribution in [2.24, 2.45) is 0 Å². The average Bonchev–Trinajstić information content (AvgIpc) is 2.95. The van der Waals surface area contributed by atoms with E-state index in [9.17, 15) is 0 Å². The van der Waals surface area contributed by atoms with Gasteiger partial charge in [-0.2, -0.15) is 0 Å². The van der Waals surface area contributed by atoms with Crippen LogP contribution in [0.15, 0.2) is 48.7 Å². The molecule has 0 N–H and O–H groups in total. The molecule has 1 aromatic carbocycles. The van der Waals surface area contributed by atoms with Gasteiger partial charge in [-0.05, 0) is 45.8 Å². The maximum Gasteiger partial charge on any atom is 0.180 e. The highest BCUT2D eigenvalue weighted by molar-refractivity contribution is 5.56. The fourth-order valence-electron chi connectivity index (χ4n) is 2.95. The van der Waals surface area contributed by atoms with Gasteiger partial charge in [-0.1, -0.05) is 30.3 Å². The third kappa shape index (κ3) is 4.42. The smallest absolute Gasteiger partial charge is 0.180 e. The molecule has 2 heterocycles. The first-order chi connectivity index (χ1) is 12.5. The van der Waals surface area contributed by atoms with E-state index in [4.69, 9.17) is 9.72 Å². The van der Waals surface area contributed by atoms with Crippen molar-refractivity contribution < 1.29 is 4.74 Å². The van der Waals surface area contributed by atoms with Crippen LogP contribution >= 0.6 is 0 Å². The molecule has 0 spiro atoms. The van der Waals surface area contributed by atoms with Crippen LogP contribution in [-0.4, -0.2) is 53.4 Å². The molecule has 0 saturated heterocycles. The second-order valence-electron chi connectivity index (χ2n) is 7.03. The highest BCUT2D eigenvalue weighted by atomic mass is 16.5. The van der Waals surface area contributed by atoms with Gasteiger partial charge in [-0.25, -0.2) is 4.98 Å². The molecule has 3 aromatic rings. The predicted molar refractivity (Wildman–Crippen MR) is 106 cm³/mol. The van der Waals surface area contributed by atoms with Crippen molar-refractivity contribution in [2.45, 2.75) is 20.1 Å². The molecule has 5 heteroatoms. The molecule has 0 amide bonds. The Morgan fingerprint density at radius 2 is 1.77 bits per heavy atom. The summed E-state index contributed by atoms with van der Waals surface area (Å²) in [5.74, 6) is 0.821. The second kappa shape index (κ2) is 8.34. The van der Waals surface area contributed by atoms with E-state index < -0.39 is 0 Å². The van der Waals surface area contributed by atoms with Crippen LogP contribution in [0.5, 0.6) is 5.75 Å². The number of benzene rings is 1. The van der Waals surface area contributed by atoms with Crippen molar-refractivity contribution in [3.63, 3.8) is 0 Å². The van der Waals surface area contributed by atoms with E-state index in [1.165, 1.54) is 5.69 Å². The summed E-state index contributed by atoms with van der Waals surface area (Å²) < 4.78 is 8.21. The van der Waals surface area contributed by atoms with E-state index in [1.54, 1.807) is 0 Å². The average molecular weight is 352 g/mol. The van der Waals surface area contributed by atoms with Crippen LogP contribution in [0, 0.1) is 6.92 Å². The molecule has 2 aromatic heterocycles. The minimum Gasteiger partial charge on any atom is -0.485 e. The molecule has 5 nitrogen and oxygen atoms in total. The second-order valence-corrected chi connectivity index (χ2v) is 7.03. The summed E-state index contributed by atoms with van der Waals surface area (Å²) in [4.78, 5) is 9.30. The van der Waals surface area contributed by atoms with Gasteiger partial charge in [0, 0.05) is 25.8 Å². The van der Waals surface area contributed by atoms with E-state index in [1.807, 2.05) is 30.3 Å². The van der Waals surface area contributed by atoms with Crippen LogP contribution < -0.4 is 4.74 Å². The van der Waals surface area contributed by atoms with E-state index in [-0.39, 0.29) is 0 Å². The summed E-state index contributed by atoms with van der Waals surface area (Å²) in [6.45, 7) is 5.54. The van der Waals surface area contributed by atoms with Crippen molar-refractivity contribution in [2.75, 3.05) is 34.2 Å². The molecule has 0 atom stereocenters. The predicted octanol–water partition coefficient (Wildman–Crippen LogP) is 3.22. The third-order valence-electron chi connectivity index (χ3n) is 4.50. The lowest BCUT2D eigenvalue weighted by Gasteiger charge is -2.19. The SMILES string of the molecule is Cc1nc2c(OCc3ccccc3)cccn2c1CN(C)CCN(C)C. The van der Waals surface area contributed by atoms with Crippen LogP contribution in [0.1, 0.15) is 17.0 Å². The Morgan fingerprint density at radius 3 is 2.50 bits per heavy atom. The normalized spacial score (nSPS) is 11.6. The van der Waals surface area contributed by atoms with E-state index in [2.05, 4.69) is 60.6 Å². The van der Waals surface area contributed by atoms with Crippen LogP contribution in [0.3, 0.4) is 0 Å². The summed E-state index contributed by atoms with van der Waals surface area (Å²) in [6, 6.07) is 14.2. The van der Waals surface area contributed by atoms with Gasteiger partial charge in [-0.15, -0.1) is 0 Å². The molecule has 138 valence electrons. The van der Waals surface area contributed by atoms with Crippen molar-refractivity contribution >= 4 is 5.65 Å². The Kier molecular flexibility index (Phi) is 5.91. The molecule has 0 aliphatic heterocycles. The number of hydrogen-bond donors (Lipinski definition) is 0. The molecule has 26 heavy (non-hydrogen) atoms. The lowest BCUT2D eigenvalue weighted by atomic mass is 10.2. The Hall–Kier alpha value is -2.37. The number of ether oxygens (including phenoxy) is 1. The summed E-state index contributed by atoms with van der Waals surface area (Å²) in [5.41, 5.74) is 4.31. The number of pyridine rings is 1. The number of rotatable bonds is 8. The van der Waals surface area contributed by atoms with E-state index in [0.717, 1.165) is 42.3 Å². The van der Waals surface area contributed by atoms with Crippen molar-refractivity contribution in [3.8, 4) is 5.75 Å². The minimum atomic E-state index is 0.546. The van der Waals surface area contributed by atoms with Gasteiger partial charge in [-0.3, -0.25) is 9.30 Å². The lowest BCUT2D eigenvalue weighted by molar-refractivity contribution is 0.273. The molecule has 3 rings (SSSR count). The lowest BCUT2D eigenvalue weighted by Crippen LogP contribution is -2.28. The highest BCUT2D eigenvalue weighted by Crippen LogP contribution is 2.23. The largest absolute Gasteiger partial charge is 0.485 e. The number of aromatic nitrogens is 2.